The molecule has 7 heteroatoms. The zero-order valence-corrected chi connectivity index (χ0v) is 16.3. The maximum Gasteiger partial charge on any atom is 0.245 e. The first kappa shape index (κ1) is 20.0. The van der Waals surface area contributed by atoms with E-state index in [-0.39, 0.29) is 11.7 Å². The molecule has 0 radical (unpaired) electrons. The van der Waals surface area contributed by atoms with E-state index in [9.17, 15) is 9.18 Å². The lowest BCUT2D eigenvalue weighted by Gasteiger charge is -2.15. The Hall–Kier alpha value is -3.74. The smallest absolute Gasteiger partial charge is 0.245 e. The molecule has 0 spiro atoms. The topological polar surface area (TPSA) is 70.2 Å². The van der Waals surface area contributed by atoms with Crippen molar-refractivity contribution in [3.8, 4) is 0 Å². The van der Waals surface area contributed by atoms with Gasteiger partial charge in [-0.15, -0.1) is 0 Å². The maximum atomic E-state index is 14.2. The first-order valence-corrected chi connectivity index (χ1v) is 9.04. The summed E-state index contributed by atoms with van der Waals surface area (Å²) in [4.78, 5) is 21.4. The number of amides is 1. The van der Waals surface area contributed by atoms with Gasteiger partial charge in [0.2, 0.25) is 11.9 Å². The first-order valence-electron chi connectivity index (χ1n) is 9.04. The van der Waals surface area contributed by atoms with Crippen molar-refractivity contribution in [3.05, 3.63) is 84.3 Å². The number of aryl methyl sites for hydroxylation is 1. The lowest BCUT2D eigenvalue weighted by atomic mass is 10.2. The quantitative estimate of drug-likeness (QED) is 0.578. The summed E-state index contributed by atoms with van der Waals surface area (Å²) in [5.41, 5.74) is 3.53. The van der Waals surface area contributed by atoms with Crippen molar-refractivity contribution in [2.24, 2.45) is 0 Å². The molecule has 3 aromatic rings. The molecule has 148 valence electrons. The van der Waals surface area contributed by atoms with E-state index in [4.69, 9.17) is 0 Å². The molecular weight excluding hydrogens is 369 g/mol. The molecule has 1 aromatic heterocycles. The molecule has 0 aliphatic rings. The Balaban J connectivity index is 1.71. The van der Waals surface area contributed by atoms with Crippen molar-refractivity contribution in [1.29, 1.82) is 0 Å². The number of nitrogens with zero attached hydrogens (tertiary/aromatic N) is 3. The summed E-state index contributed by atoms with van der Waals surface area (Å²) in [6.45, 7) is 5.92. The molecule has 1 amide bonds. The predicted molar refractivity (Wildman–Crippen MR) is 113 cm³/mol. The van der Waals surface area contributed by atoms with Gasteiger partial charge in [-0.25, -0.2) is 9.37 Å². The standard InChI is InChI=1S/C22H22FN5O/c1-4-20(29)28(3)14-16-8-10-17(11-9-16)25-21-19(23)13-24-22(27-21)26-18-7-5-6-15(2)12-18/h4-13H,1,14H2,2-3H3,(H2,24,25,26,27). The van der Waals surface area contributed by atoms with Crippen LogP contribution in [0.5, 0.6) is 0 Å². The molecule has 0 unspecified atom stereocenters. The van der Waals surface area contributed by atoms with Gasteiger partial charge < -0.3 is 15.5 Å². The van der Waals surface area contributed by atoms with Crippen molar-refractivity contribution in [2.45, 2.75) is 13.5 Å². The highest BCUT2D eigenvalue weighted by Gasteiger charge is 2.09. The maximum absolute atomic E-state index is 14.2. The van der Waals surface area contributed by atoms with Crippen LogP contribution in [0.1, 0.15) is 11.1 Å². The fraction of sp³-hybridized carbons (Fsp3) is 0.136. The Kier molecular flexibility index (Phi) is 6.19. The third-order valence-corrected chi connectivity index (χ3v) is 4.21. The van der Waals surface area contributed by atoms with E-state index in [1.54, 1.807) is 24.1 Å². The number of hydrogen-bond acceptors (Lipinski definition) is 5. The van der Waals surface area contributed by atoms with Crippen LogP contribution in [0.15, 0.2) is 67.4 Å². The zero-order chi connectivity index (χ0) is 20.8. The fourth-order valence-corrected chi connectivity index (χ4v) is 2.70. The van der Waals surface area contributed by atoms with Crippen molar-refractivity contribution in [3.63, 3.8) is 0 Å². The van der Waals surface area contributed by atoms with Gasteiger partial charge in [-0.05, 0) is 48.4 Å². The summed E-state index contributed by atoms with van der Waals surface area (Å²) in [5.74, 6) is -0.341. The minimum atomic E-state index is -0.555. The number of hydrogen-bond donors (Lipinski definition) is 2. The van der Waals surface area contributed by atoms with Crippen LogP contribution in [-0.2, 0) is 11.3 Å². The normalized spacial score (nSPS) is 10.3. The highest BCUT2D eigenvalue weighted by atomic mass is 19.1. The van der Waals surface area contributed by atoms with E-state index < -0.39 is 5.82 Å². The average molecular weight is 391 g/mol. The summed E-state index contributed by atoms with van der Waals surface area (Å²) in [5, 5.41) is 6.03. The Labute approximate surface area is 169 Å². The number of anilines is 4. The van der Waals surface area contributed by atoms with Gasteiger partial charge in [-0.2, -0.15) is 4.98 Å². The molecule has 2 aromatic carbocycles. The molecule has 29 heavy (non-hydrogen) atoms. The van der Waals surface area contributed by atoms with E-state index in [2.05, 4.69) is 27.2 Å². The highest BCUT2D eigenvalue weighted by molar-refractivity contribution is 5.86. The van der Waals surface area contributed by atoms with Gasteiger partial charge in [-0.3, -0.25) is 4.79 Å². The summed E-state index contributed by atoms with van der Waals surface area (Å²) >= 11 is 0. The third-order valence-electron chi connectivity index (χ3n) is 4.21. The predicted octanol–water partition coefficient (Wildman–Crippen LogP) is 4.56. The summed E-state index contributed by atoms with van der Waals surface area (Å²) in [7, 11) is 1.70. The minimum absolute atomic E-state index is 0.0712. The second-order valence-electron chi connectivity index (χ2n) is 6.60. The number of benzene rings is 2. The molecule has 0 atom stereocenters. The van der Waals surface area contributed by atoms with Gasteiger partial charge in [0.1, 0.15) is 0 Å². The highest BCUT2D eigenvalue weighted by Crippen LogP contribution is 2.21. The van der Waals surface area contributed by atoms with Gasteiger partial charge in [-0.1, -0.05) is 30.8 Å². The number of nitrogens with one attached hydrogen (secondary N) is 2. The van der Waals surface area contributed by atoms with Crippen LogP contribution in [0.2, 0.25) is 0 Å². The van der Waals surface area contributed by atoms with Gasteiger partial charge >= 0.3 is 0 Å². The van der Waals surface area contributed by atoms with E-state index in [0.717, 1.165) is 23.0 Å². The number of likely N-dealkylation sites (N-methyl/N-ethyl adjacent to an activating group) is 1. The van der Waals surface area contributed by atoms with E-state index in [1.807, 2.05) is 43.3 Å². The summed E-state index contributed by atoms with van der Waals surface area (Å²) in [6.07, 6.45) is 2.40. The molecular formula is C22H22FN5O. The van der Waals surface area contributed by atoms with Crippen LogP contribution >= 0.6 is 0 Å². The largest absolute Gasteiger partial charge is 0.338 e. The monoisotopic (exact) mass is 391 g/mol. The molecule has 6 nitrogen and oxygen atoms in total. The molecule has 2 N–H and O–H groups in total. The van der Waals surface area contributed by atoms with Crippen LogP contribution in [0.3, 0.4) is 0 Å². The van der Waals surface area contributed by atoms with Crippen molar-refractivity contribution in [2.75, 3.05) is 17.7 Å². The van der Waals surface area contributed by atoms with E-state index >= 15 is 0 Å². The lowest BCUT2D eigenvalue weighted by molar-refractivity contribution is -0.125. The van der Waals surface area contributed by atoms with Crippen molar-refractivity contribution in [1.82, 2.24) is 14.9 Å². The van der Waals surface area contributed by atoms with Crippen LogP contribution in [0.25, 0.3) is 0 Å². The Morgan fingerprint density at radius 3 is 2.62 bits per heavy atom. The van der Waals surface area contributed by atoms with Gasteiger partial charge in [0.15, 0.2) is 11.6 Å². The Morgan fingerprint density at radius 1 is 1.17 bits per heavy atom. The first-order chi connectivity index (χ1) is 13.9. The molecule has 0 fully saturated rings. The molecule has 0 saturated heterocycles. The number of aromatic nitrogens is 2. The minimum Gasteiger partial charge on any atom is -0.338 e. The Morgan fingerprint density at radius 2 is 1.93 bits per heavy atom. The van der Waals surface area contributed by atoms with Crippen molar-refractivity contribution >= 4 is 29.0 Å². The molecule has 1 heterocycles. The fourth-order valence-electron chi connectivity index (χ4n) is 2.70. The molecule has 0 aliphatic carbocycles. The number of halogens is 1. The van der Waals surface area contributed by atoms with Gasteiger partial charge in [0, 0.05) is 25.0 Å². The third kappa shape index (κ3) is 5.38. The van der Waals surface area contributed by atoms with E-state index in [0.29, 0.717) is 18.2 Å². The second kappa shape index (κ2) is 8.97. The second-order valence-corrected chi connectivity index (χ2v) is 6.60. The van der Waals surface area contributed by atoms with Gasteiger partial charge in [0.05, 0.1) is 6.20 Å². The van der Waals surface area contributed by atoms with Gasteiger partial charge in [0.25, 0.3) is 0 Å². The number of carbonyl (C=O) groups excluding carboxylic acids is 1. The van der Waals surface area contributed by atoms with Crippen LogP contribution in [0, 0.1) is 12.7 Å². The number of rotatable bonds is 7. The van der Waals surface area contributed by atoms with Crippen LogP contribution in [0.4, 0.5) is 27.5 Å². The molecule has 0 aliphatic heterocycles. The van der Waals surface area contributed by atoms with Crippen molar-refractivity contribution < 1.29 is 9.18 Å². The SMILES string of the molecule is C=CC(=O)N(C)Cc1ccc(Nc2nc(Nc3cccc(C)c3)ncc2F)cc1. The molecule has 3 rings (SSSR count). The van der Waals surface area contributed by atoms with Crippen LogP contribution in [-0.4, -0.2) is 27.8 Å². The number of carbonyl (C=O) groups is 1. The average Bonchev–Trinajstić information content (AvgIpc) is 2.71. The van der Waals surface area contributed by atoms with E-state index in [1.165, 1.54) is 6.08 Å². The lowest BCUT2D eigenvalue weighted by Crippen LogP contribution is -2.23. The summed E-state index contributed by atoms with van der Waals surface area (Å²) < 4.78 is 14.2. The zero-order valence-electron chi connectivity index (χ0n) is 16.3. The molecule has 0 saturated carbocycles. The summed E-state index contributed by atoms with van der Waals surface area (Å²) in [6, 6.07) is 15.1. The van der Waals surface area contributed by atoms with Crippen LogP contribution < -0.4 is 10.6 Å². The molecule has 0 bridgehead atoms. The Bertz CT molecular complexity index is 1020.